The standard InChI is InChI=1S/C22H22ClN5O2S/c23-17-10-4-5-11-18(17)28-21(27-12-6-7-13-27)25-26-22(28)31-15-20(30)24-14-19(29)16-8-2-1-3-9-16/h1-5,8-11H,6-7,12-15H2,(H,24,30). The number of benzene rings is 2. The Morgan fingerprint density at radius 3 is 2.45 bits per heavy atom. The number of Topliss-reactive ketones (excluding diaryl/α,β-unsaturated/α-hetero) is 1. The number of para-hydroxylation sites is 1. The van der Waals surface area contributed by atoms with Crippen molar-refractivity contribution in [2.75, 3.05) is 30.3 Å². The predicted molar refractivity (Wildman–Crippen MR) is 122 cm³/mol. The maximum atomic E-state index is 12.4. The third-order valence-electron chi connectivity index (χ3n) is 4.97. The number of ketones is 1. The average Bonchev–Trinajstić information content (AvgIpc) is 3.47. The molecule has 1 saturated heterocycles. The van der Waals surface area contributed by atoms with Gasteiger partial charge in [0.15, 0.2) is 10.9 Å². The van der Waals surface area contributed by atoms with Gasteiger partial charge in [0.2, 0.25) is 11.9 Å². The van der Waals surface area contributed by atoms with E-state index in [1.54, 1.807) is 24.3 Å². The van der Waals surface area contributed by atoms with Gasteiger partial charge >= 0.3 is 0 Å². The maximum absolute atomic E-state index is 12.4. The maximum Gasteiger partial charge on any atom is 0.232 e. The van der Waals surface area contributed by atoms with Gasteiger partial charge < -0.3 is 10.2 Å². The molecule has 1 N–H and O–H groups in total. The second kappa shape index (κ2) is 9.98. The van der Waals surface area contributed by atoms with Crippen molar-refractivity contribution in [3.63, 3.8) is 0 Å². The highest BCUT2D eigenvalue weighted by molar-refractivity contribution is 7.99. The molecule has 160 valence electrons. The van der Waals surface area contributed by atoms with Crippen LogP contribution in [0, 0.1) is 0 Å². The average molecular weight is 456 g/mol. The van der Waals surface area contributed by atoms with Crippen LogP contribution in [-0.4, -0.2) is 51.8 Å². The summed E-state index contributed by atoms with van der Waals surface area (Å²) in [4.78, 5) is 26.7. The SMILES string of the molecule is O=C(CSc1nnc(N2CCCC2)n1-c1ccccc1Cl)NCC(=O)c1ccccc1. The molecule has 9 heteroatoms. The third kappa shape index (κ3) is 5.08. The summed E-state index contributed by atoms with van der Waals surface area (Å²) in [5, 5.41) is 12.6. The molecule has 2 heterocycles. The van der Waals surface area contributed by atoms with Gasteiger partial charge in [0.25, 0.3) is 0 Å². The highest BCUT2D eigenvalue weighted by Gasteiger charge is 2.24. The van der Waals surface area contributed by atoms with E-state index in [-0.39, 0.29) is 24.0 Å². The molecular weight excluding hydrogens is 434 g/mol. The fourth-order valence-electron chi connectivity index (χ4n) is 3.41. The number of rotatable bonds is 8. The minimum atomic E-state index is -0.245. The van der Waals surface area contributed by atoms with E-state index in [0.717, 1.165) is 37.6 Å². The lowest BCUT2D eigenvalue weighted by atomic mass is 10.1. The number of nitrogens with zero attached hydrogens (tertiary/aromatic N) is 4. The van der Waals surface area contributed by atoms with E-state index >= 15 is 0 Å². The zero-order valence-electron chi connectivity index (χ0n) is 16.8. The number of nitrogens with one attached hydrogen (secondary N) is 1. The van der Waals surface area contributed by atoms with Crippen LogP contribution < -0.4 is 10.2 Å². The molecule has 4 rings (SSSR count). The molecule has 1 aliphatic heterocycles. The quantitative estimate of drug-likeness (QED) is 0.413. The van der Waals surface area contributed by atoms with E-state index in [4.69, 9.17) is 11.6 Å². The van der Waals surface area contributed by atoms with E-state index in [1.807, 2.05) is 34.9 Å². The van der Waals surface area contributed by atoms with Gasteiger partial charge in [-0.15, -0.1) is 10.2 Å². The Labute approximate surface area is 189 Å². The van der Waals surface area contributed by atoms with Gasteiger partial charge in [-0.25, -0.2) is 0 Å². The van der Waals surface area contributed by atoms with Gasteiger partial charge in [-0.05, 0) is 25.0 Å². The fourth-order valence-corrected chi connectivity index (χ4v) is 4.40. The summed E-state index contributed by atoms with van der Waals surface area (Å²) in [5.74, 6) is 0.470. The molecule has 1 aliphatic rings. The van der Waals surface area contributed by atoms with E-state index in [9.17, 15) is 9.59 Å². The number of halogens is 1. The van der Waals surface area contributed by atoms with Crippen LogP contribution in [-0.2, 0) is 4.79 Å². The number of hydrogen-bond acceptors (Lipinski definition) is 6. The first kappa shape index (κ1) is 21.4. The van der Waals surface area contributed by atoms with Crippen molar-refractivity contribution in [2.45, 2.75) is 18.0 Å². The highest BCUT2D eigenvalue weighted by Crippen LogP contribution is 2.31. The van der Waals surface area contributed by atoms with Crippen molar-refractivity contribution in [2.24, 2.45) is 0 Å². The number of hydrogen-bond donors (Lipinski definition) is 1. The Bertz CT molecular complexity index is 1070. The molecule has 1 aromatic heterocycles. The lowest BCUT2D eigenvalue weighted by Crippen LogP contribution is -2.31. The molecule has 0 aliphatic carbocycles. The summed E-state index contributed by atoms with van der Waals surface area (Å²) < 4.78 is 1.90. The molecular formula is C22H22ClN5O2S. The second-order valence-corrected chi connectivity index (χ2v) is 8.47. The Morgan fingerprint density at radius 1 is 1.00 bits per heavy atom. The van der Waals surface area contributed by atoms with Crippen molar-refractivity contribution >= 4 is 41.0 Å². The zero-order valence-corrected chi connectivity index (χ0v) is 18.4. The minimum absolute atomic E-state index is 0.0420. The van der Waals surface area contributed by atoms with E-state index < -0.39 is 0 Å². The molecule has 0 unspecified atom stereocenters. The normalized spacial score (nSPS) is 13.4. The number of aromatic nitrogens is 3. The van der Waals surface area contributed by atoms with Crippen molar-refractivity contribution in [3.05, 3.63) is 65.2 Å². The van der Waals surface area contributed by atoms with Gasteiger partial charge in [0.05, 0.1) is 23.0 Å². The Morgan fingerprint density at radius 2 is 1.71 bits per heavy atom. The first-order valence-corrected chi connectivity index (χ1v) is 11.4. The molecule has 0 spiro atoms. The van der Waals surface area contributed by atoms with Crippen molar-refractivity contribution in [1.82, 2.24) is 20.1 Å². The van der Waals surface area contributed by atoms with Crippen molar-refractivity contribution in [3.8, 4) is 5.69 Å². The van der Waals surface area contributed by atoms with E-state index in [1.165, 1.54) is 11.8 Å². The molecule has 7 nitrogen and oxygen atoms in total. The molecule has 0 bridgehead atoms. The lowest BCUT2D eigenvalue weighted by molar-refractivity contribution is -0.118. The summed E-state index contributed by atoms with van der Waals surface area (Å²) in [6.07, 6.45) is 2.21. The first-order chi connectivity index (χ1) is 15.1. The number of thioether (sulfide) groups is 1. The van der Waals surface area contributed by atoms with Crippen LogP contribution in [0.3, 0.4) is 0 Å². The van der Waals surface area contributed by atoms with Gasteiger partial charge in [-0.2, -0.15) is 0 Å². The Kier molecular flexibility index (Phi) is 6.89. The van der Waals surface area contributed by atoms with Gasteiger partial charge in [0.1, 0.15) is 0 Å². The topological polar surface area (TPSA) is 80.1 Å². The molecule has 0 saturated carbocycles. The third-order valence-corrected chi connectivity index (χ3v) is 6.22. The molecule has 3 aromatic rings. The van der Waals surface area contributed by atoms with Gasteiger partial charge in [0, 0.05) is 18.7 Å². The molecule has 1 amide bonds. The lowest BCUT2D eigenvalue weighted by Gasteiger charge is -2.19. The summed E-state index contributed by atoms with van der Waals surface area (Å²) >= 11 is 7.72. The summed E-state index contributed by atoms with van der Waals surface area (Å²) in [7, 11) is 0. The smallest absolute Gasteiger partial charge is 0.232 e. The number of carbonyl (C=O) groups excluding carboxylic acids is 2. The predicted octanol–water partition coefficient (Wildman–Crippen LogP) is 3.61. The van der Waals surface area contributed by atoms with E-state index in [2.05, 4.69) is 20.4 Å². The summed E-state index contributed by atoms with van der Waals surface area (Å²) in [6, 6.07) is 16.4. The highest BCUT2D eigenvalue weighted by atomic mass is 35.5. The van der Waals surface area contributed by atoms with Crippen LogP contribution in [0.4, 0.5) is 5.95 Å². The monoisotopic (exact) mass is 455 g/mol. The number of anilines is 1. The first-order valence-electron chi connectivity index (χ1n) is 10.1. The largest absolute Gasteiger partial charge is 0.348 e. The summed E-state index contributed by atoms with van der Waals surface area (Å²) in [5.41, 5.74) is 1.35. The molecule has 0 radical (unpaired) electrons. The van der Waals surface area contributed by atoms with Gasteiger partial charge in [-0.3, -0.25) is 14.2 Å². The van der Waals surface area contributed by atoms with Crippen molar-refractivity contribution in [1.29, 1.82) is 0 Å². The van der Waals surface area contributed by atoms with Crippen LogP contribution in [0.25, 0.3) is 5.69 Å². The van der Waals surface area contributed by atoms with E-state index in [0.29, 0.717) is 15.7 Å². The number of carbonyl (C=O) groups is 2. The Balaban J connectivity index is 1.45. The molecule has 2 aromatic carbocycles. The summed E-state index contributed by atoms with van der Waals surface area (Å²) in [6.45, 7) is 1.78. The molecule has 0 atom stereocenters. The molecule has 31 heavy (non-hydrogen) atoms. The minimum Gasteiger partial charge on any atom is -0.348 e. The van der Waals surface area contributed by atoms with Crippen LogP contribution in [0.2, 0.25) is 5.02 Å². The van der Waals surface area contributed by atoms with Gasteiger partial charge in [-0.1, -0.05) is 65.8 Å². The van der Waals surface area contributed by atoms with Crippen LogP contribution in [0.5, 0.6) is 0 Å². The zero-order chi connectivity index (χ0) is 21.6. The Hall–Kier alpha value is -2.84. The fraction of sp³-hybridized carbons (Fsp3) is 0.273. The van der Waals surface area contributed by atoms with Crippen LogP contribution in [0.1, 0.15) is 23.2 Å². The molecule has 1 fully saturated rings. The van der Waals surface area contributed by atoms with Crippen molar-refractivity contribution < 1.29 is 9.59 Å². The second-order valence-electron chi connectivity index (χ2n) is 7.12. The van der Waals surface area contributed by atoms with Crippen LogP contribution >= 0.6 is 23.4 Å². The number of amides is 1. The van der Waals surface area contributed by atoms with Crippen LogP contribution in [0.15, 0.2) is 59.8 Å².